The molecule has 1 heterocycles. The average molecular weight is 294 g/mol. The zero-order chi connectivity index (χ0) is 15.8. The second-order valence-electron chi connectivity index (χ2n) is 5.62. The van der Waals surface area contributed by atoms with Crippen molar-refractivity contribution in [3.63, 3.8) is 0 Å². The molecule has 1 amide bonds. The highest BCUT2D eigenvalue weighted by molar-refractivity contribution is 5.94. The second kappa shape index (κ2) is 8.62. The van der Waals surface area contributed by atoms with Gasteiger partial charge in [-0.2, -0.15) is 0 Å². The summed E-state index contributed by atoms with van der Waals surface area (Å²) in [5.41, 5.74) is 0.535. The van der Waals surface area contributed by atoms with Gasteiger partial charge in [0.2, 0.25) is 5.88 Å². The maximum atomic E-state index is 12.1. The van der Waals surface area contributed by atoms with Gasteiger partial charge in [-0.1, -0.05) is 13.8 Å². The quantitative estimate of drug-likeness (QED) is 0.772. The van der Waals surface area contributed by atoms with Crippen LogP contribution in [0.2, 0.25) is 0 Å². The summed E-state index contributed by atoms with van der Waals surface area (Å²) >= 11 is 0. The van der Waals surface area contributed by atoms with Crippen molar-refractivity contribution in [1.29, 1.82) is 0 Å². The van der Waals surface area contributed by atoms with E-state index in [4.69, 9.17) is 4.74 Å². The monoisotopic (exact) mass is 294 g/mol. The second-order valence-corrected chi connectivity index (χ2v) is 5.62. The fourth-order valence-electron chi connectivity index (χ4n) is 1.94. The Morgan fingerprint density at radius 3 is 2.76 bits per heavy atom. The molecule has 2 N–H and O–H groups in total. The van der Waals surface area contributed by atoms with E-state index in [0.717, 1.165) is 6.42 Å². The molecule has 0 bridgehead atoms. The maximum Gasteiger partial charge on any atom is 0.251 e. The molecular formula is C16H26N2O3. The Kier molecular flexibility index (Phi) is 7.15. The van der Waals surface area contributed by atoms with Gasteiger partial charge >= 0.3 is 0 Å². The Morgan fingerprint density at radius 1 is 1.43 bits per heavy atom. The lowest BCUT2D eigenvalue weighted by molar-refractivity contribution is 0.0938. The Bertz CT molecular complexity index is 449. The predicted octanol–water partition coefficient (Wildman–Crippen LogP) is 2.40. The minimum atomic E-state index is -0.353. The van der Waals surface area contributed by atoms with E-state index in [9.17, 15) is 9.90 Å². The topological polar surface area (TPSA) is 71.5 Å². The first-order valence-corrected chi connectivity index (χ1v) is 7.51. The molecule has 1 aromatic rings. The third-order valence-electron chi connectivity index (χ3n) is 3.25. The summed E-state index contributed by atoms with van der Waals surface area (Å²) in [5.74, 6) is 0.546. The van der Waals surface area contributed by atoms with Crippen LogP contribution in [-0.4, -0.2) is 34.8 Å². The molecule has 0 saturated heterocycles. The number of hydrogen-bond acceptors (Lipinski definition) is 4. The van der Waals surface area contributed by atoms with Gasteiger partial charge in [0.1, 0.15) is 0 Å². The van der Waals surface area contributed by atoms with E-state index in [2.05, 4.69) is 10.3 Å². The average Bonchev–Trinajstić information content (AvgIpc) is 2.44. The molecule has 0 saturated carbocycles. The third kappa shape index (κ3) is 6.58. The first-order valence-electron chi connectivity index (χ1n) is 7.51. The molecule has 5 heteroatoms. The predicted molar refractivity (Wildman–Crippen MR) is 82.4 cm³/mol. The van der Waals surface area contributed by atoms with E-state index < -0.39 is 0 Å². The number of carbonyl (C=O) groups excluding carboxylic acids is 1. The molecule has 0 aliphatic carbocycles. The zero-order valence-corrected chi connectivity index (χ0v) is 13.3. The number of amides is 1. The Balaban J connectivity index is 2.56. The summed E-state index contributed by atoms with van der Waals surface area (Å²) in [6.45, 7) is 8.28. The summed E-state index contributed by atoms with van der Waals surface area (Å²) in [4.78, 5) is 16.2. The summed E-state index contributed by atoms with van der Waals surface area (Å²) < 4.78 is 5.61. The number of nitrogens with one attached hydrogen (secondary N) is 1. The van der Waals surface area contributed by atoms with Crippen molar-refractivity contribution in [2.24, 2.45) is 5.92 Å². The van der Waals surface area contributed by atoms with Crippen LogP contribution in [0.5, 0.6) is 5.88 Å². The number of rotatable bonds is 8. The van der Waals surface area contributed by atoms with Crippen LogP contribution >= 0.6 is 0 Å². The molecule has 0 aliphatic heterocycles. The summed E-state index contributed by atoms with van der Waals surface area (Å²) in [6.07, 6.45) is 2.84. The van der Waals surface area contributed by atoms with Gasteiger partial charge in [-0.15, -0.1) is 0 Å². The highest BCUT2D eigenvalue weighted by Gasteiger charge is 2.11. The summed E-state index contributed by atoms with van der Waals surface area (Å²) in [7, 11) is 0. The molecule has 0 aliphatic rings. The number of aromatic nitrogens is 1. The van der Waals surface area contributed by atoms with Crippen molar-refractivity contribution in [1.82, 2.24) is 10.3 Å². The van der Waals surface area contributed by atoms with Gasteiger partial charge in [-0.25, -0.2) is 4.98 Å². The fraction of sp³-hybridized carbons (Fsp3) is 0.625. The molecule has 1 rings (SSSR count). The fourth-order valence-corrected chi connectivity index (χ4v) is 1.94. The number of pyridine rings is 1. The van der Waals surface area contributed by atoms with Crippen LogP contribution < -0.4 is 10.1 Å². The smallest absolute Gasteiger partial charge is 0.251 e. The lowest BCUT2D eigenvalue weighted by Gasteiger charge is -2.15. The number of carbonyl (C=O) groups is 1. The van der Waals surface area contributed by atoms with Gasteiger partial charge in [0.05, 0.1) is 12.2 Å². The van der Waals surface area contributed by atoms with Crippen molar-refractivity contribution >= 4 is 5.91 Å². The first-order chi connectivity index (χ1) is 9.92. The first kappa shape index (κ1) is 17.4. The van der Waals surface area contributed by atoms with Gasteiger partial charge in [0.15, 0.2) is 0 Å². The van der Waals surface area contributed by atoms with Crippen LogP contribution in [0.1, 0.15) is 50.9 Å². The summed E-state index contributed by atoms with van der Waals surface area (Å²) in [5, 5.41) is 12.2. The van der Waals surface area contributed by atoms with Crippen molar-refractivity contribution in [2.75, 3.05) is 6.54 Å². The highest BCUT2D eigenvalue weighted by atomic mass is 16.5. The van der Waals surface area contributed by atoms with E-state index in [0.29, 0.717) is 24.4 Å². The highest BCUT2D eigenvalue weighted by Crippen LogP contribution is 2.12. The van der Waals surface area contributed by atoms with Gasteiger partial charge in [0.25, 0.3) is 5.91 Å². The lowest BCUT2D eigenvalue weighted by Crippen LogP contribution is -2.29. The molecule has 0 spiro atoms. The number of aliphatic hydroxyl groups is 1. The Morgan fingerprint density at radius 2 is 2.14 bits per heavy atom. The number of aliphatic hydroxyl groups excluding tert-OH is 1. The molecule has 0 radical (unpaired) electrons. The largest absolute Gasteiger partial charge is 0.475 e. The van der Waals surface area contributed by atoms with E-state index in [1.165, 1.54) is 0 Å². The van der Waals surface area contributed by atoms with Crippen LogP contribution in [0.15, 0.2) is 18.3 Å². The van der Waals surface area contributed by atoms with Gasteiger partial charge in [-0.3, -0.25) is 4.79 Å². The van der Waals surface area contributed by atoms with Crippen LogP contribution in [0.25, 0.3) is 0 Å². The van der Waals surface area contributed by atoms with Crippen LogP contribution in [0, 0.1) is 5.92 Å². The minimum absolute atomic E-state index is 0.0712. The molecule has 118 valence electrons. The maximum absolute atomic E-state index is 12.1. The van der Waals surface area contributed by atoms with Crippen LogP contribution in [0.4, 0.5) is 0 Å². The number of ether oxygens (including phenoxy) is 1. The molecule has 21 heavy (non-hydrogen) atoms. The van der Waals surface area contributed by atoms with Crippen molar-refractivity contribution in [3.05, 3.63) is 23.9 Å². The third-order valence-corrected chi connectivity index (χ3v) is 3.25. The molecular weight excluding hydrogens is 268 g/mol. The minimum Gasteiger partial charge on any atom is -0.475 e. The molecule has 1 aromatic heterocycles. The van der Waals surface area contributed by atoms with E-state index in [1.54, 1.807) is 25.3 Å². The summed E-state index contributed by atoms with van der Waals surface area (Å²) in [6, 6.07) is 3.32. The van der Waals surface area contributed by atoms with E-state index >= 15 is 0 Å². The van der Waals surface area contributed by atoms with Crippen molar-refractivity contribution < 1.29 is 14.6 Å². The normalized spacial score (nSPS) is 15.1. The number of hydrogen-bond donors (Lipinski definition) is 2. The molecule has 0 fully saturated rings. The van der Waals surface area contributed by atoms with Crippen LogP contribution in [0.3, 0.4) is 0 Å². The van der Waals surface area contributed by atoms with Crippen molar-refractivity contribution in [3.8, 4) is 5.88 Å². The van der Waals surface area contributed by atoms with E-state index in [-0.39, 0.29) is 24.0 Å². The Hall–Kier alpha value is -1.62. The molecule has 5 nitrogen and oxygen atoms in total. The van der Waals surface area contributed by atoms with E-state index in [1.807, 2.05) is 20.8 Å². The van der Waals surface area contributed by atoms with Gasteiger partial charge in [-0.05, 0) is 38.7 Å². The zero-order valence-electron chi connectivity index (χ0n) is 13.3. The van der Waals surface area contributed by atoms with Crippen LogP contribution in [-0.2, 0) is 0 Å². The molecule has 0 aromatic carbocycles. The Labute approximate surface area is 126 Å². The lowest BCUT2D eigenvalue weighted by atomic mass is 10.0. The van der Waals surface area contributed by atoms with Crippen molar-refractivity contribution in [2.45, 2.75) is 52.7 Å². The number of nitrogens with zero attached hydrogens (tertiary/aromatic N) is 1. The van der Waals surface area contributed by atoms with Gasteiger partial charge in [0, 0.05) is 24.4 Å². The standard InChI is InChI=1S/C16H26N2O3/c1-5-13(4)21-15-9-14(6-7-17-15)16(20)18-10-11(2)8-12(3)19/h6-7,9,11-13,19H,5,8,10H2,1-4H3,(H,18,20). The van der Waals surface area contributed by atoms with Gasteiger partial charge < -0.3 is 15.2 Å². The molecule has 3 unspecified atom stereocenters. The SMILES string of the molecule is CCC(C)Oc1cc(C(=O)NCC(C)CC(C)O)ccn1. The molecule has 3 atom stereocenters.